The standard InChI is InChI=1S/C6H5F6N5O/c7-5(8,9)1(6(10,11)12)18-4-16-2(13)15-3(14)17-4/h1H,(H4,13,14,15,16,17). The zero-order chi connectivity index (χ0) is 14.1. The molecule has 1 aromatic rings. The molecule has 0 aliphatic heterocycles. The molecule has 1 aromatic heterocycles. The summed E-state index contributed by atoms with van der Waals surface area (Å²) >= 11 is 0. The molecule has 0 saturated heterocycles. The second-order valence-electron chi connectivity index (χ2n) is 2.92. The molecule has 0 radical (unpaired) electrons. The molecule has 1 heterocycles. The van der Waals surface area contributed by atoms with E-state index >= 15 is 0 Å². The van der Waals surface area contributed by atoms with Crippen molar-refractivity contribution in [2.75, 3.05) is 11.5 Å². The van der Waals surface area contributed by atoms with Crippen molar-refractivity contribution in [2.24, 2.45) is 0 Å². The predicted molar refractivity (Wildman–Crippen MR) is 45.2 cm³/mol. The average molecular weight is 277 g/mol. The smallest absolute Gasteiger partial charge is 0.434 e. The molecule has 0 aromatic carbocycles. The first-order chi connectivity index (χ1) is 8.00. The van der Waals surface area contributed by atoms with Gasteiger partial charge in [0.2, 0.25) is 11.9 Å². The number of anilines is 2. The van der Waals surface area contributed by atoms with Crippen LogP contribution >= 0.6 is 0 Å². The molecule has 1 rings (SSSR count). The van der Waals surface area contributed by atoms with Gasteiger partial charge in [0.05, 0.1) is 0 Å². The molecule has 102 valence electrons. The molecular formula is C6H5F6N5O. The van der Waals surface area contributed by atoms with Gasteiger partial charge in [-0.25, -0.2) is 0 Å². The van der Waals surface area contributed by atoms with Gasteiger partial charge in [0.25, 0.3) is 6.10 Å². The average Bonchev–Trinajstić information content (AvgIpc) is 2.08. The topological polar surface area (TPSA) is 99.9 Å². The second-order valence-corrected chi connectivity index (χ2v) is 2.92. The molecule has 0 saturated carbocycles. The van der Waals surface area contributed by atoms with Crippen molar-refractivity contribution >= 4 is 11.9 Å². The lowest BCUT2D eigenvalue weighted by molar-refractivity contribution is -0.301. The van der Waals surface area contributed by atoms with E-state index in [-0.39, 0.29) is 0 Å². The quantitative estimate of drug-likeness (QED) is 0.779. The summed E-state index contributed by atoms with van der Waals surface area (Å²) in [6.45, 7) is 0. The van der Waals surface area contributed by atoms with Crippen molar-refractivity contribution in [1.29, 1.82) is 0 Å². The Bertz CT molecular complexity index is 397. The fourth-order valence-corrected chi connectivity index (χ4v) is 0.866. The zero-order valence-electron chi connectivity index (χ0n) is 8.25. The van der Waals surface area contributed by atoms with Crippen molar-refractivity contribution in [2.45, 2.75) is 18.5 Å². The molecule has 0 fully saturated rings. The lowest BCUT2D eigenvalue weighted by Crippen LogP contribution is -2.47. The van der Waals surface area contributed by atoms with Gasteiger partial charge < -0.3 is 16.2 Å². The molecule has 6 nitrogen and oxygen atoms in total. The van der Waals surface area contributed by atoms with Crippen molar-refractivity contribution in [3.05, 3.63) is 0 Å². The summed E-state index contributed by atoms with van der Waals surface area (Å²) in [6.07, 6.45) is -15.4. The van der Waals surface area contributed by atoms with E-state index in [9.17, 15) is 26.3 Å². The molecule has 0 atom stereocenters. The molecule has 12 heteroatoms. The predicted octanol–water partition coefficient (Wildman–Crippen LogP) is 0.908. The first-order valence-corrected chi connectivity index (χ1v) is 4.07. The van der Waals surface area contributed by atoms with Crippen LogP contribution in [0.5, 0.6) is 6.01 Å². The van der Waals surface area contributed by atoms with E-state index in [1.54, 1.807) is 0 Å². The van der Waals surface area contributed by atoms with Crippen LogP contribution in [0.15, 0.2) is 0 Å². The largest absolute Gasteiger partial charge is 0.440 e. The summed E-state index contributed by atoms with van der Waals surface area (Å²) in [5.41, 5.74) is 9.94. The van der Waals surface area contributed by atoms with Crippen LogP contribution in [0, 0.1) is 0 Å². The minimum atomic E-state index is -5.69. The Balaban J connectivity index is 3.04. The first kappa shape index (κ1) is 14.1. The number of nitrogens with two attached hydrogens (primary N) is 2. The number of halogens is 6. The molecule has 0 unspecified atom stereocenters. The molecule has 0 bridgehead atoms. The number of nitrogens with zero attached hydrogens (tertiary/aromatic N) is 3. The third-order valence-electron chi connectivity index (χ3n) is 1.47. The van der Waals surface area contributed by atoms with Crippen LogP contribution in [0.1, 0.15) is 0 Å². The number of ether oxygens (including phenoxy) is 1. The molecule has 4 N–H and O–H groups in total. The van der Waals surface area contributed by atoms with Crippen LogP contribution < -0.4 is 16.2 Å². The van der Waals surface area contributed by atoms with Crippen LogP contribution in [-0.2, 0) is 0 Å². The van der Waals surface area contributed by atoms with Gasteiger partial charge in [-0.1, -0.05) is 0 Å². The van der Waals surface area contributed by atoms with Crippen LogP contribution in [0.2, 0.25) is 0 Å². The van der Waals surface area contributed by atoms with Crippen LogP contribution in [0.4, 0.5) is 38.2 Å². The summed E-state index contributed by atoms with van der Waals surface area (Å²) in [7, 11) is 0. The van der Waals surface area contributed by atoms with Crippen LogP contribution in [0.25, 0.3) is 0 Å². The Labute approximate surface area is 95.0 Å². The van der Waals surface area contributed by atoms with Gasteiger partial charge in [0.1, 0.15) is 0 Å². The van der Waals surface area contributed by atoms with E-state index in [0.717, 1.165) is 0 Å². The van der Waals surface area contributed by atoms with Gasteiger partial charge in [-0.05, 0) is 0 Å². The number of nitrogen functional groups attached to an aromatic ring is 2. The SMILES string of the molecule is Nc1nc(N)nc(OC(C(F)(F)F)C(F)(F)F)n1. The third-order valence-corrected chi connectivity index (χ3v) is 1.47. The van der Waals surface area contributed by atoms with Crippen molar-refractivity contribution in [1.82, 2.24) is 15.0 Å². The van der Waals surface area contributed by atoms with E-state index in [1.807, 2.05) is 0 Å². The number of hydrogen-bond acceptors (Lipinski definition) is 6. The number of rotatable bonds is 2. The molecular weight excluding hydrogens is 272 g/mol. The van der Waals surface area contributed by atoms with Gasteiger partial charge in [-0.2, -0.15) is 41.3 Å². The van der Waals surface area contributed by atoms with Crippen molar-refractivity contribution < 1.29 is 31.1 Å². The maximum atomic E-state index is 12.1. The second kappa shape index (κ2) is 4.34. The Morgan fingerprint density at radius 1 is 0.833 bits per heavy atom. The third kappa shape index (κ3) is 3.49. The molecule has 0 aliphatic rings. The maximum absolute atomic E-state index is 12.1. The van der Waals surface area contributed by atoms with E-state index in [0.29, 0.717) is 0 Å². The Kier molecular flexibility index (Phi) is 3.39. The lowest BCUT2D eigenvalue weighted by Gasteiger charge is -2.22. The summed E-state index contributed by atoms with van der Waals surface area (Å²) in [6, 6.07) is -1.26. The van der Waals surface area contributed by atoms with Gasteiger partial charge in [0, 0.05) is 0 Å². The number of hydrogen-bond donors (Lipinski definition) is 2. The number of aromatic nitrogens is 3. The van der Waals surface area contributed by atoms with E-state index < -0.39 is 36.4 Å². The molecule has 0 aliphatic carbocycles. The Morgan fingerprint density at radius 3 is 1.56 bits per heavy atom. The lowest BCUT2D eigenvalue weighted by atomic mass is 10.3. The maximum Gasteiger partial charge on any atom is 0.434 e. The monoisotopic (exact) mass is 277 g/mol. The van der Waals surface area contributed by atoms with E-state index in [2.05, 4.69) is 19.7 Å². The zero-order valence-corrected chi connectivity index (χ0v) is 8.25. The first-order valence-electron chi connectivity index (χ1n) is 4.07. The fourth-order valence-electron chi connectivity index (χ4n) is 0.866. The highest BCUT2D eigenvalue weighted by atomic mass is 19.4. The summed E-state index contributed by atoms with van der Waals surface area (Å²) < 4.78 is 76.4. The minimum Gasteiger partial charge on any atom is -0.440 e. The molecule has 0 amide bonds. The van der Waals surface area contributed by atoms with Crippen molar-refractivity contribution in [3.63, 3.8) is 0 Å². The normalized spacial score (nSPS) is 12.8. The van der Waals surface area contributed by atoms with Gasteiger partial charge in [-0.3, -0.25) is 0 Å². The summed E-state index contributed by atoms with van der Waals surface area (Å²) in [5, 5.41) is 0. The van der Waals surface area contributed by atoms with Crippen LogP contribution in [-0.4, -0.2) is 33.4 Å². The summed E-state index contributed by atoms with van der Waals surface area (Å²) in [5.74, 6) is -1.33. The summed E-state index contributed by atoms with van der Waals surface area (Å²) in [4.78, 5) is 9.07. The highest BCUT2D eigenvalue weighted by molar-refractivity contribution is 5.27. The van der Waals surface area contributed by atoms with Crippen LogP contribution in [0.3, 0.4) is 0 Å². The van der Waals surface area contributed by atoms with Gasteiger partial charge in [-0.15, -0.1) is 0 Å². The highest BCUT2D eigenvalue weighted by Crippen LogP contribution is 2.35. The minimum absolute atomic E-state index is 0.666. The number of alkyl halides is 6. The fraction of sp³-hybridized carbons (Fsp3) is 0.500. The Hall–Kier alpha value is -2.01. The van der Waals surface area contributed by atoms with Gasteiger partial charge >= 0.3 is 18.4 Å². The van der Waals surface area contributed by atoms with E-state index in [1.165, 1.54) is 0 Å². The Morgan fingerprint density at radius 2 is 1.22 bits per heavy atom. The van der Waals surface area contributed by atoms with E-state index in [4.69, 9.17) is 11.5 Å². The van der Waals surface area contributed by atoms with Crippen molar-refractivity contribution in [3.8, 4) is 6.01 Å². The highest BCUT2D eigenvalue weighted by Gasteiger charge is 2.59. The molecule has 18 heavy (non-hydrogen) atoms. The van der Waals surface area contributed by atoms with Gasteiger partial charge in [0.15, 0.2) is 0 Å². The molecule has 0 spiro atoms.